The first-order valence-corrected chi connectivity index (χ1v) is 10.2. The molecular formula is C22H33IN4O2. The van der Waals surface area contributed by atoms with E-state index in [0.29, 0.717) is 17.9 Å². The molecule has 0 unspecified atom stereocenters. The molecule has 0 spiro atoms. The van der Waals surface area contributed by atoms with E-state index in [2.05, 4.69) is 46.6 Å². The number of oxazole rings is 1. The Morgan fingerprint density at radius 1 is 1.24 bits per heavy atom. The maximum atomic E-state index is 5.63. The van der Waals surface area contributed by atoms with Gasteiger partial charge in [0.2, 0.25) is 5.89 Å². The van der Waals surface area contributed by atoms with Crippen molar-refractivity contribution in [2.24, 2.45) is 10.4 Å². The molecular weight excluding hydrogens is 479 g/mol. The van der Waals surface area contributed by atoms with Gasteiger partial charge >= 0.3 is 0 Å². The first-order valence-electron chi connectivity index (χ1n) is 10.2. The Hall–Kier alpha value is -1.61. The lowest BCUT2D eigenvalue weighted by Gasteiger charge is -2.42. The number of rotatable bonds is 9. The number of aliphatic imine (C=N–C) groups is 1. The number of aromatic nitrogens is 1. The van der Waals surface area contributed by atoms with Crippen molar-refractivity contribution in [3.63, 3.8) is 0 Å². The highest BCUT2D eigenvalue weighted by Crippen LogP contribution is 2.43. The van der Waals surface area contributed by atoms with E-state index in [0.717, 1.165) is 43.3 Å². The number of halogens is 1. The molecule has 1 heterocycles. The molecule has 0 radical (unpaired) electrons. The molecule has 0 aliphatic heterocycles. The quantitative estimate of drug-likeness (QED) is 0.294. The molecule has 2 aromatic rings. The van der Waals surface area contributed by atoms with Gasteiger partial charge in [-0.05, 0) is 50.7 Å². The lowest BCUT2D eigenvalue weighted by atomic mass is 9.67. The third-order valence-electron chi connectivity index (χ3n) is 5.48. The maximum absolute atomic E-state index is 5.63. The fourth-order valence-electron chi connectivity index (χ4n) is 3.49. The Labute approximate surface area is 190 Å². The number of benzene rings is 1. The fraction of sp³-hybridized carbons (Fsp3) is 0.545. The van der Waals surface area contributed by atoms with E-state index < -0.39 is 0 Å². The molecule has 3 rings (SSSR count). The summed E-state index contributed by atoms with van der Waals surface area (Å²) in [5.74, 6) is 1.46. The van der Waals surface area contributed by atoms with Crippen molar-refractivity contribution in [3.8, 4) is 11.5 Å². The van der Waals surface area contributed by atoms with E-state index in [-0.39, 0.29) is 24.0 Å². The average molecular weight is 512 g/mol. The summed E-state index contributed by atoms with van der Waals surface area (Å²) >= 11 is 0. The van der Waals surface area contributed by atoms with Gasteiger partial charge in [0.25, 0.3) is 0 Å². The van der Waals surface area contributed by atoms with Crippen LogP contribution in [-0.4, -0.2) is 37.7 Å². The Morgan fingerprint density at radius 3 is 2.62 bits per heavy atom. The summed E-state index contributed by atoms with van der Waals surface area (Å²) in [5.41, 5.74) is 3.37. The summed E-state index contributed by atoms with van der Waals surface area (Å²) in [6.45, 7) is 7.19. The number of hydrogen-bond acceptors (Lipinski definition) is 4. The summed E-state index contributed by atoms with van der Waals surface area (Å²) in [6.07, 6.45) is 6.60. The molecule has 1 fully saturated rings. The van der Waals surface area contributed by atoms with Crippen LogP contribution in [-0.2, 0) is 11.3 Å². The molecule has 1 aromatic carbocycles. The molecule has 6 nitrogen and oxygen atoms in total. The van der Waals surface area contributed by atoms with Gasteiger partial charge in [-0.3, -0.25) is 0 Å². The highest BCUT2D eigenvalue weighted by Gasteiger charge is 2.36. The third kappa shape index (κ3) is 6.70. The zero-order valence-corrected chi connectivity index (χ0v) is 20.0. The number of guanidine groups is 1. The zero-order valence-electron chi connectivity index (χ0n) is 17.7. The Balaban J connectivity index is 0.00000300. The molecule has 0 bridgehead atoms. The second kappa shape index (κ2) is 11.5. The Bertz CT molecular complexity index is 769. The minimum atomic E-state index is 0. The molecule has 2 N–H and O–H groups in total. The number of hydrogen-bond donors (Lipinski definition) is 2. The maximum Gasteiger partial charge on any atom is 0.226 e. The smallest absolute Gasteiger partial charge is 0.226 e. The Kier molecular flexibility index (Phi) is 9.42. The van der Waals surface area contributed by atoms with E-state index in [1.54, 1.807) is 13.4 Å². The van der Waals surface area contributed by atoms with Crippen molar-refractivity contribution < 1.29 is 9.15 Å². The van der Waals surface area contributed by atoms with Crippen LogP contribution in [0.15, 0.2) is 39.9 Å². The van der Waals surface area contributed by atoms with Gasteiger partial charge in [-0.1, -0.05) is 24.1 Å². The highest BCUT2D eigenvalue weighted by molar-refractivity contribution is 14.0. The number of aryl methyl sites for hydroxylation is 1. The molecule has 7 heteroatoms. The van der Waals surface area contributed by atoms with E-state index in [9.17, 15) is 0 Å². The van der Waals surface area contributed by atoms with E-state index in [1.165, 1.54) is 24.8 Å². The van der Waals surface area contributed by atoms with E-state index in [1.807, 2.05) is 12.1 Å². The first-order chi connectivity index (χ1) is 13.6. The highest BCUT2D eigenvalue weighted by atomic mass is 127. The molecule has 1 aliphatic carbocycles. The van der Waals surface area contributed by atoms with Crippen molar-refractivity contribution >= 4 is 29.9 Å². The third-order valence-corrected chi connectivity index (χ3v) is 5.48. The van der Waals surface area contributed by atoms with Gasteiger partial charge in [-0.2, -0.15) is 0 Å². The van der Waals surface area contributed by atoms with Gasteiger partial charge in [0, 0.05) is 32.4 Å². The van der Waals surface area contributed by atoms with Crippen LogP contribution in [0.3, 0.4) is 0 Å². The number of methoxy groups -OCH3 is 1. The summed E-state index contributed by atoms with van der Waals surface area (Å²) in [4.78, 5) is 9.26. The predicted molar refractivity (Wildman–Crippen MR) is 128 cm³/mol. The summed E-state index contributed by atoms with van der Waals surface area (Å²) in [6, 6.07) is 8.17. The number of nitrogens with zero attached hydrogens (tertiary/aromatic N) is 2. The van der Waals surface area contributed by atoms with Crippen molar-refractivity contribution in [2.75, 3.05) is 26.8 Å². The second-order valence-electron chi connectivity index (χ2n) is 7.66. The topological polar surface area (TPSA) is 71.7 Å². The van der Waals surface area contributed by atoms with Gasteiger partial charge in [0.15, 0.2) is 5.96 Å². The molecule has 1 aromatic heterocycles. The van der Waals surface area contributed by atoms with Crippen LogP contribution in [0, 0.1) is 12.3 Å². The lowest BCUT2D eigenvalue weighted by Crippen LogP contribution is -2.46. The molecule has 0 atom stereocenters. The minimum absolute atomic E-state index is 0. The van der Waals surface area contributed by atoms with Gasteiger partial charge in [-0.25, -0.2) is 9.98 Å². The monoisotopic (exact) mass is 512 g/mol. The average Bonchev–Trinajstić information content (AvgIpc) is 3.14. The van der Waals surface area contributed by atoms with Crippen molar-refractivity contribution in [3.05, 3.63) is 41.8 Å². The van der Waals surface area contributed by atoms with E-state index >= 15 is 0 Å². The van der Waals surface area contributed by atoms with Gasteiger partial charge in [-0.15, -0.1) is 24.0 Å². The Morgan fingerprint density at radius 2 is 2.00 bits per heavy atom. The van der Waals surface area contributed by atoms with Crippen LogP contribution < -0.4 is 10.6 Å². The standard InChI is InChI=1S/C22H32N4O2.HI/c1-4-23-21(25-16-22(10-5-11-22)12-13-27-3)24-14-19-15-28-20(26-19)18-8-6-17(2)7-9-18;/h6-9,15H,4-5,10-14,16H2,1-3H3,(H2,23,24,25);1H. The molecule has 1 aliphatic rings. The predicted octanol–water partition coefficient (Wildman–Crippen LogP) is 4.53. The van der Waals surface area contributed by atoms with Crippen LogP contribution in [0.5, 0.6) is 0 Å². The van der Waals surface area contributed by atoms with Crippen LogP contribution in [0.2, 0.25) is 0 Å². The number of ether oxygens (including phenoxy) is 1. The van der Waals surface area contributed by atoms with Crippen molar-refractivity contribution in [1.82, 2.24) is 15.6 Å². The van der Waals surface area contributed by atoms with Gasteiger partial charge < -0.3 is 19.8 Å². The summed E-state index contributed by atoms with van der Waals surface area (Å²) < 4.78 is 10.9. The minimum Gasteiger partial charge on any atom is -0.444 e. The first kappa shape index (κ1) is 23.7. The number of nitrogens with one attached hydrogen (secondary N) is 2. The van der Waals surface area contributed by atoms with Crippen LogP contribution >= 0.6 is 24.0 Å². The van der Waals surface area contributed by atoms with Crippen LogP contribution in [0.4, 0.5) is 0 Å². The summed E-state index contributed by atoms with van der Waals surface area (Å²) in [7, 11) is 1.77. The molecule has 0 saturated heterocycles. The normalized spacial score (nSPS) is 15.3. The van der Waals surface area contributed by atoms with Gasteiger partial charge in [0.1, 0.15) is 12.0 Å². The molecule has 29 heavy (non-hydrogen) atoms. The largest absolute Gasteiger partial charge is 0.444 e. The van der Waals surface area contributed by atoms with E-state index in [4.69, 9.17) is 9.15 Å². The van der Waals surface area contributed by atoms with Crippen LogP contribution in [0.1, 0.15) is 43.9 Å². The molecule has 1 saturated carbocycles. The molecule has 160 valence electrons. The van der Waals surface area contributed by atoms with Crippen molar-refractivity contribution in [1.29, 1.82) is 0 Å². The summed E-state index contributed by atoms with van der Waals surface area (Å²) in [5, 5.41) is 6.84. The van der Waals surface area contributed by atoms with Crippen LogP contribution in [0.25, 0.3) is 11.5 Å². The van der Waals surface area contributed by atoms with Crippen molar-refractivity contribution in [2.45, 2.75) is 46.1 Å². The SMILES string of the molecule is CCNC(=NCc1coc(-c2ccc(C)cc2)n1)NCC1(CCOC)CCC1.I. The fourth-order valence-corrected chi connectivity index (χ4v) is 3.49. The zero-order chi connectivity index (χ0) is 19.8. The lowest BCUT2D eigenvalue weighted by molar-refractivity contribution is 0.0732. The second-order valence-corrected chi connectivity index (χ2v) is 7.66. The van der Waals surface area contributed by atoms with Gasteiger partial charge in [0.05, 0.1) is 6.54 Å². The molecule has 0 amide bonds.